The summed E-state index contributed by atoms with van der Waals surface area (Å²) >= 11 is 0. The molecule has 6 aromatic carbocycles. The zero-order valence-electron chi connectivity index (χ0n) is 30.5. The van der Waals surface area contributed by atoms with Gasteiger partial charge in [0.15, 0.2) is 5.78 Å². The highest BCUT2D eigenvalue weighted by molar-refractivity contribution is 6.39. The van der Waals surface area contributed by atoms with Gasteiger partial charge in [-0.2, -0.15) is 5.26 Å². The van der Waals surface area contributed by atoms with Crippen LogP contribution in [-0.4, -0.2) is 78.2 Å². The van der Waals surface area contributed by atoms with Crippen LogP contribution in [0.5, 0.6) is 11.5 Å². The number of hydrogen-bond donors (Lipinski definition) is 3. The molecule has 1 atom stereocenters. The Morgan fingerprint density at radius 2 is 1.15 bits per heavy atom. The summed E-state index contributed by atoms with van der Waals surface area (Å²) in [5, 5.41) is 49.2. The van der Waals surface area contributed by atoms with Crippen LogP contribution in [0.3, 0.4) is 0 Å². The van der Waals surface area contributed by atoms with Gasteiger partial charge in [0.25, 0.3) is 0 Å². The number of fused-ring (bicyclic) bond motifs is 4. The second kappa shape index (κ2) is 12.4. The van der Waals surface area contributed by atoms with Crippen molar-refractivity contribution < 1.29 is 15.0 Å². The normalized spacial score (nSPS) is 14.1. The third-order valence-electron chi connectivity index (χ3n) is 10.2. The summed E-state index contributed by atoms with van der Waals surface area (Å²) < 4.78 is 0. The van der Waals surface area contributed by atoms with Crippen molar-refractivity contribution in [3.05, 3.63) is 95.1 Å². The van der Waals surface area contributed by atoms with Crippen molar-refractivity contribution in [3.8, 4) is 17.6 Å². The van der Waals surface area contributed by atoms with Crippen molar-refractivity contribution in [2.24, 2.45) is 0 Å². The summed E-state index contributed by atoms with van der Waals surface area (Å²) in [5.41, 5.74) is 4.20. The Bertz CT molecular complexity index is 2660. The molecule has 0 bridgehead atoms. The van der Waals surface area contributed by atoms with Crippen molar-refractivity contribution in [2.75, 3.05) is 76.0 Å². The maximum Gasteiger partial charge on any atom is 0.176 e. The van der Waals surface area contributed by atoms with Crippen LogP contribution in [0.25, 0.3) is 48.7 Å². The average molecular weight is 689 g/mol. The van der Waals surface area contributed by atoms with Gasteiger partial charge >= 0.3 is 0 Å². The summed E-state index contributed by atoms with van der Waals surface area (Å²) in [6.45, 7) is 0. The highest BCUT2D eigenvalue weighted by Gasteiger charge is 2.47. The molecule has 52 heavy (non-hydrogen) atoms. The number of nitrogens with zero attached hydrogens (tertiary/aromatic N) is 5. The summed E-state index contributed by atoms with van der Waals surface area (Å²) in [4.78, 5) is 22.9. The van der Waals surface area contributed by atoms with Crippen LogP contribution in [0, 0.1) is 16.7 Å². The third-order valence-corrected chi connectivity index (χ3v) is 10.2. The standard InChI is InChI=1S/C43H40N6O3/c1-46(2)30-19-32(50)37(28-17-23-13-9-11-15-26(23)41(35(28)30)48(5)6)39-34(25(21-44)22-45)40(43(39)52)38-29-18-24-14-10-12-16-27(24)42(49(7)8)36(29)31(47(3)4)20-33(38)51/h9-20,39,44,50-51H,1-8H3. The third kappa shape index (κ3) is 4.84. The fourth-order valence-corrected chi connectivity index (χ4v) is 8.05. The number of carbonyl (C=O) groups is 1. The summed E-state index contributed by atoms with van der Waals surface area (Å²) in [6, 6.07) is 25.3. The van der Waals surface area contributed by atoms with Gasteiger partial charge in [0.1, 0.15) is 23.1 Å². The Balaban J connectivity index is 1.65. The highest BCUT2D eigenvalue weighted by Crippen LogP contribution is 2.57. The van der Waals surface area contributed by atoms with Crippen molar-refractivity contribution in [1.82, 2.24) is 0 Å². The van der Waals surface area contributed by atoms with Gasteiger partial charge in [0, 0.05) is 124 Å². The monoisotopic (exact) mass is 688 g/mol. The van der Waals surface area contributed by atoms with Gasteiger partial charge < -0.3 is 29.8 Å². The lowest BCUT2D eigenvalue weighted by Crippen LogP contribution is -2.30. The van der Waals surface area contributed by atoms with E-state index in [9.17, 15) is 20.3 Å². The number of phenolic OH excluding ortho intramolecular Hbond substituents is 2. The molecule has 260 valence electrons. The number of allylic oxidation sites excluding steroid dienone is 3. The summed E-state index contributed by atoms with van der Waals surface area (Å²) in [6.07, 6.45) is 0. The molecule has 0 aliphatic heterocycles. The molecule has 0 radical (unpaired) electrons. The Labute approximate surface area is 302 Å². The maximum absolute atomic E-state index is 15.0. The number of benzene rings is 6. The van der Waals surface area contributed by atoms with E-state index in [1.165, 1.54) is 0 Å². The van der Waals surface area contributed by atoms with Crippen LogP contribution in [0.15, 0.2) is 83.9 Å². The first-order valence-corrected chi connectivity index (χ1v) is 16.9. The van der Waals surface area contributed by atoms with Crippen LogP contribution in [0.1, 0.15) is 17.0 Å². The SMILES string of the molecule is CN(C)c1cc(O)c(C2=C(C(=C=N)C#N)C(c3c(O)cc(N(C)C)c4c(N(C)C)c5ccccc5cc34)C2=O)c2cc3ccccc3c(N(C)C)c12. The lowest BCUT2D eigenvalue weighted by Gasteiger charge is -2.35. The molecule has 0 heterocycles. The molecule has 6 aromatic rings. The molecule has 9 heteroatoms. The summed E-state index contributed by atoms with van der Waals surface area (Å²) in [5.74, 6) is 0.574. The molecule has 9 nitrogen and oxygen atoms in total. The Morgan fingerprint density at radius 3 is 1.63 bits per heavy atom. The van der Waals surface area contributed by atoms with E-state index in [0.717, 1.165) is 55.1 Å². The number of Topliss-reactive ketones (excluding diaryl/α,β-unsaturated/α-hetero) is 1. The minimum absolute atomic E-state index is 0.105. The first-order valence-electron chi connectivity index (χ1n) is 16.9. The molecule has 0 amide bonds. The molecule has 0 saturated heterocycles. The van der Waals surface area contributed by atoms with Gasteiger partial charge in [-0.3, -0.25) is 10.2 Å². The Kier molecular flexibility index (Phi) is 8.09. The van der Waals surface area contributed by atoms with Gasteiger partial charge in [0.05, 0.1) is 17.3 Å². The average Bonchev–Trinajstić information content (AvgIpc) is 3.11. The van der Waals surface area contributed by atoms with E-state index in [0.29, 0.717) is 16.3 Å². The zero-order valence-corrected chi connectivity index (χ0v) is 30.5. The van der Waals surface area contributed by atoms with E-state index >= 15 is 0 Å². The van der Waals surface area contributed by atoms with E-state index in [4.69, 9.17) is 5.41 Å². The second-order valence-corrected chi connectivity index (χ2v) is 14.1. The molecule has 3 N–H and O–H groups in total. The fourth-order valence-electron chi connectivity index (χ4n) is 8.05. The van der Waals surface area contributed by atoms with Crippen molar-refractivity contribution >= 4 is 83.1 Å². The topological polar surface area (TPSA) is 118 Å². The van der Waals surface area contributed by atoms with Gasteiger partial charge in [-0.25, -0.2) is 0 Å². The number of carbonyl (C=O) groups excluding carboxylic acids is 1. The number of nitrogens with one attached hydrogen (secondary N) is 1. The Morgan fingerprint density at radius 1 is 0.673 bits per heavy atom. The molecule has 0 aromatic heterocycles. The van der Waals surface area contributed by atoms with Crippen molar-refractivity contribution in [1.29, 1.82) is 10.7 Å². The van der Waals surface area contributed by atoms with Crippen LogP contribution in [-0.2, 0) is 4.79 Å². The highest BCUT2D eigenvalue weighted by atomic mass is 16.3. The van der Waals surface area contributed by atoms with Gasteiger partial charge in [-0.15, -0.1) is 0 Å². The van der Waals surface area contributed by atoms with Gasteiger partial charge in [-0.05, 0) is 39.5 Å². The number of hydrogen-bond acceptors (Lipinski definition) is 9. The molecule has 1 unspecified atom stereocenters. The fraction of sp³-hybridized carbons (Fsp3) is 0.209. The predicted octanol–water partition coefficient (Wildman–Crippen LogP) is 7.79. The van der Waals surface area contributed by atoms with E-state index < -0.39 is 5.92 Å². The van der Waals surface area contributed by atoms with Crippen LogP contribution in [0.4, 0.5) is 22.7 Å². The molecule has 0 fully saturated rings. The predicted molar refractivity (Wildman–Crippen MR) is 215 cm³/mol. The van der Waals surface area contributed by atoms with Crippen molar-refractivity contribution in [3.63, 3.8) is 0 Å². The number of ketones is 1. The molecule has 0 spiro atoms. The first-order chi connectivity index (χ1) is 24.8. The molecular formula is C43H40N6O3. The van der Waals surface area contributed by atoms with Gasteiger partial charge in [-0.1, -0.05) is 48.5 Å². The molecular weight excluding hydrogens is 649 g/mol. The minimum Gasteiger partial charge on any atom is -0.508 e. The number of rotatable bonds is 7. The van der Waals surface area contributed by atoms with Crippen LogP contribution in [0.2, 0.25) is 0 Å². The molecule has 1 aliphatic carbocycles. The van der Waals surface area contributed by atoms with E-state index in [2.05, 4.69) is 18.0 Å². The molecule has 7 rings (SSSR count). The number of phenols is 2. The second-order valence-electron chi connectivity index (χ2n) is 14.1. The molecule has 1 aliphatic rings. The first kappa shape index (κ1) is 34.0. The van der Waals surface area contributed by atoms with Crippen LogP contribution < -0.4 is 19.6 Å². The zero-order chi connectivity index (χ0) is 37.3. The number of anilines is 4. The van der Waals surface area contributed by atoms with Crippen LogP contribution >= 0.6 is 0 Å². The van der Waals surface area contributed by atoms with E-state index in [-0.39, 0.29) is 39.6 Å². The minimum atomic E-state index is -1.10. The maximum atomic E-state index is 15.0. The largest absolute Gasteiger partial charge is 0.508 e. The van der Waals surface area contributed by atoms with Crippen molar-refractivity contribution in [2.45, 2.75) is 5.92 Å². The smallest absolute Gasteiger partial charge is 0.176 e. The van der Waals surface area contributed by atoms with Gasteiger partial charge in [0.2, 0.25) is 0 Å². The number of aromatic hydroxyl groups is 2. The number of nitriles is 1. The Hall–Kier alpha value is -6.49. The lowest BCUT2D eigenvalue weighted by molar-refractivity contribution is -0.115. The quantitative estimate of drug-likeness (QED) is 0.0884. The van der Waals surface area contributed by atoms with E-state index in [1.54, 1.807) is 12.1 Å². The summed E-state index contributed by atoms with van der Waals surface area (Å²) in [7, 11) is 15.5. The van der Waals surface area contributed by atoms with E-state index in [1.807, 2.05) is 131 Å². The molecule has 0 saturated carbocycles. The lowest BCUT2D eigenvalue weighted by atomic mass is 9.65.